The van der Waals surface area contributed by atoms with E-state index in [1.807, 2.05) is 29.9 Å². The number of carbonyl (C=O) groups is 1. The Bertz CT molecular complexity index is 690. The molecule has 2 rings (SSSR count). The van der Waals surface area contributed by atoms with Gasteiger partial charge in [0.25, 0.3) is 0 Å². The number of rotatable bonds is 3. The van der Waals surface area contributed by atoms with Crippen molar-refractivity contribution in [1.29, 1.82) is 5.26 Å². The number of aromatic nitrogens is 2. The van der Waals surface area contributed by atoms with Crippen LogP contribution < -0.4 is 0 Å². The maximum atomic E-state index is 10.9. The molecule has 0 saturated heterocycles. The number of hydrogen-bond acceptors (Lipinski definition) is 4. The van der Waals surface area contributed by atoms with Gasteiger partial charge in [0.15, 0.2) is 5.13 Å². The summed E-state index contributed by atoms with van der Waals surface area (Å²) in [7, 11) is 0. The van der Waals surface area contributed by atoms with Gasteiger partial charge in [-0.1, -0.05) is 0 Å². The number of nitrogens with zero attached hydrogens (tertiary/aromatic N) is 3. The highest BCUT2D eigenvalue weighted by Crippen LogP contribution is 2.23. The zero-order valence-corrected chi connectivity index (χ0v) is 11.2. The molecule has 2 aromatic rings. The van der Waals surface area contributed by atoms with Crippen LogP contribution in [-0.2, 0) is 4.79 Å². The van der Waals surface area contributed by atoms with Gasteiger partial charge < -0.3 is 5.11 Å². The first-order chi connectivity index (χ1) is 9.04. The lowest BCUT2D eigenvalue weighted by atomic mass is 10.1. The first kappa shape index (κ1) is 13.1. The Balaban J connectivity index is 2.55. The van der Waals surface area contributed by atoms with E-state index in [2.05, 4.69) is 4.98 Å². The number of aryl methyl sites for hydroxylation is 1. The first-order valence-electron chi connectivity index (χ1n) is 5.48. The van der Waals surface area contributed by atoms with Gasteiger partial charge in [-0.15, -0.1) is 11.3 Å². The second-order valence-electron chi connectivity index (χ2n) is 3.95. The third-order valence-corrected chi connectivity index (χ3v) is 3.49. The van der Waals surface area contributed by atoms with Gasteiger partial charge in [-0.3, -0.25) is 4.57 Å². The highest BCUT2D eigenvalue weighted by Gasteiger charge is 2.13. The Kier molecular flexibility index (Phi) is 3.49. The van der Waals surface area contributed by atoms with E-state index in [9.17, 15) is 4.79 Å². The van der Waals surface area contributed by atoms with Crippen LogP contribution in [0.1, 0.15) is 17.0 Å². The van der Waals surface area contributed by atoms with Crippen LogP contribution in [0.4, 0.5) is 0 Å². The zero-order chi connectivity index (χ0) is 14.0. The van der Waals surface area contributed by atoms with Gasteiger partial charge in [-0.25, -0.2) is 9.78 Å². The van der Waals surface area contributed by atoms with Crippen LogP contribution in [0.25, 0.3) is 11.2 Å². The molecule has 0 saturated carbocycles. The lowest BCUT2D eigenvalue weighted by molar-refractivity contribution is -0.132. The largest absolute Gasteiger partial charge is 0.477 e. The van der Waals surface area contributed by atoms with Gasteiger partial charge in [0.1, 0.15) is 11.6 Å². The second kappa shape index (κ2) is 5.08. The van der Waals surface area contributed by atoms with Crippen molar-refractivity contribution < 1.29 is 9.90 Å². The molecule has 0 radical (unpaired) electrons. The van der Waals surface area contributed by atoms with Gasteiger partial charge in [0.2, 0.25) is 0 Å². The highest BCUT2D eigenvalue weighted by molar-refractivity contribution is 7.12. The molecule has 2 heterocycles. The predicted octanol–water partition coefficient (Wildman–Crippen LogP) is 2.54. The molecule has 0 aliphatic heterocycles. The van der Waals surface area contributed by atoms with Crippen molar-refractivity contribution in [3.05, 3.63) is 40.2 Å². The van der Waals surface area contributed by atoms with Crippen molar-refractivity contribution in [1.82, 2.24) is 9.55 Å². The van der Waals surface area contributed by atoms with E-state index < -0.39 is 5.97 Å². The van der Waals surface area contributed by atoms with Crippen molar-refractivity contribution in [2.75, 3.05) is 0 Å². The number of nitriles is 1. The third-order valence-electron chi connectivity index (χ3n) is 2.73. The molecule has 6 heteroatoms. The lowest BCUT2D eigenvalue weighted by Crippen LogP contribution is -1.99. The molecule has 1 N–H and O–H groups in total. The molecule has 0 spiro atoms. The van der Waals surface area contributed by atoms with Crippen LogP contribution in [0.3, 0.4) is 0 Å². The summed E-state index contributed by atoms with van der Waals surface area (Å²) in [5.41, 5.74) is 2.24. The van der Waals surface area contributed by atoms with E-state index in [0.29, 0.717) is 5.56 Å². The fraction of sp³-hybridized carbons (Fsp3) is 0.154. The van der Waals surface area contributed by atoms with Gasteiger partial charge in [0.05, 0.1) is 0 Å². The Hall–Kier alpha value is -2.39. The second-order valence-corrected chi connectivity index (χ2v) is 4.82. The van der Waals surface area contributed by atoms with Gasteiger partial charge in [-0.2, -0.15) is 5.26 Å². The van der Waals surface area contributed by atoms with E-state index in [1.165, 1.54) is 17.4 Å². The number of carboxylic acid groups (broad SMARTS) is 1. The first-order valence-corrected chi connectivity index (χ1v) is 6.36. The van der Waals surface area contributed by atoms with Crippen molar-refractivity contribution in [3.8, 4) is 11.2 Å². The van der Waals surface area contributed by atoms with E-state index in [0.717, 1.165) is 16.5 Å². The fourth-order valence-corrected chi connectivity index (χ4v) is 2.60. The molecule has 5 nitrogen and oxygen atoms in total. The molecular weight excluding hydrogens is 262 g/mol. The predicted molar refractivity (Wildman–Crippen MR) is 72.1 cm³/mol. The molecule has 0 aliphatic carbocycles. The Labute approximate surface area is 114 Å². The maximum absolute atomic E-state index is 10.9. The summed E-state index contributed by atoms with van der Waals surface area (Å²) in [4.78, 5) is 15.1. The molecule has 0 aromatic carbocycles. The maximum Gasteiger partial charge on any atom is 0.346 e. The SMILES string of the molecule is Cc1cc(/C=C(\C#N)C(=O)O)c(C)n1-c1nccs1. The number of hydrogen-bond donors (Lipinski definition) is 1. The Morgan fingerprint density at radius 1 is 1.58 bits per heavy atom. The van der Waals surface area contributed by atoms with Crippen LogP contribution in [0.15, 0.2) is 23.2 Å². The molecule has 0 amide bonds. The molecule has 2 aromatic heterocycles. The topological polar surface area (TPSA) is 78.9 Å². The minimum Gasteiger partial charge on any atom is -0.477 e. The monoisotopic (exact) mass is 273 g/mol. The van der Waals surface area contributed by atoms with E-state index >= 15 is 0 Å². The molecule has 0 bridgehead atoms. The number of aliphatic carboxylic acids is 1. The lowest BCUT2D eigenvalue weighted by Gasteiger charge is -2.04. The van der Waals surface area contributed by atoms with Gasteiger partial charge in [-0.05, 0) is 31.6 Å². The smallest absolute Gasteiger partial charge is 0.346 e. The Morgan fingerprint density at radius 2 is 2.32 bits per heavy atom. The zero-order valence-electron chi connectivity index (χ0n) is 10.4. The van der Waals surface area contributed by atoms with Crippen molar-refractivity contribution in [2.45, 2.75) is 13.8 Å². The summed E-state index contributed by atoms with van der Waals surface area (Å²) < 4.78 is 1.94. The minimum atomic E-state index is -1.22. The fourth-order valence-electron chi connectivity index (χ4n) is 1.85. The number of carboxylic acids is 1. The van der Waals surface area contributed by atoms with Gasteiger partial charge >= 0.3 is 5.97 Å². The molecule has 0 fully saturated rings. The van der Waals surface area contributed by atoms with E-state index in [4.69, 9.17) is 10.4 Å². The third kappa shape index (κ3) is 2.41. The summed E-state index contributed by atoms with van der Waals surface area (Å²) in [6.07, 6.45) is 3.10. The summed E-state index contributed by atoms with van der Waals surface area (Å²) >= 11 is 1.50. The van der Waals surface area contributed by atoms with Crippen LogP contribution in [0, 0.1) is 25.2 Å². The molecule has 19 heavy (non-hydrogen) atoms. The van der Waals surface area contributed by atoms with E-state index in [1.54, 1.807) is 12.3 Å². The highest BCUT2D eigenvalue weighted by atomic mass is 32.1. The molecule has 96 valence electrons. The molecule has 0 unspecified atom stereocenters. The quantitative estimate of drug-likeness (QED) is 0.688. The van der Waals surface area contributed by atoms with Crippen LogP contribution in [0.5, 0.6) is 0 Å². The summed E-state index contributed by atoms with van der Waals surface area (Å²) in [5.74, 6) is -1.22. The van der Waals surface area contributed by atoms with E-state index in [-0.39, 0.29) is 5.57 Å². The number of thiazole rings is 1. The van der Waals surface area contributed by atoms with Crippen LogP contribution >= 0.6 is 11.3 Å². The average molecular weight is 273 g/mol. The van der Waals surface area contributed by atoms with Crippen molar-refractivity contribution in [2.24, 2.45) is 0 Å². The Morgan fingerprint density at radius 3 is 2.84 bits per heavy atom. The van der Waals surface area contributed by atoms with Crippen molar-refractivity contribution >= 4 is 23.4 Å². The average Bonchev–Trinajstić information content (AvgIpc) is 2.95. The summed E-state index contributed by atoms with van der Waals surface area (Å²) in [6.45, 7) is 3.79. The van der Waals surface area contributed by atoms with Gasteiger partial charge in [0, 0.05) is 23.0 Å². The van der Waals surface area contributed by atoms with Crippen LogP contribution in [0.2, 0.25) is 0 Å². The molecular formula is C13H11N3O2S. The standard InChI is InChI=1S/C13H11N3O2S/c1-8-5-10(6-11(7-14)12(17)18)9(2)16(8)13-15-3-4-19-13/h3-6H,1-2H3,(H,17,18)/b11-6+. The molecule has 0 atom stereocenters. The normalized spacial score (nSPS) is 11.3. The molecule has 0 aliphatic rings. The minimum absolute atomic E-state index is 0.278. The summed E-state index contributed by atoms with van der Waals surface area (Å²) in [5, 5.41) is 20.4. The van der Waals surface area contributed by atoms with Crippen molar-refractivity contribution in [3.63, 3.8) is 0 Å². The summed E-state index contributed by atoms with van der Waals surface area (Å²) in [6, 6.07) is 3.52. The van der Waals surface area contributed by atoms with Crippen LogP contribution in [-0.4, -0.2) is 20.6 Å².